The molecule has 0 saturated carbocycles. The number of aliphatic hydroxyl groups excluding tert-OH is 1. The molecule has 0 heterocycles. The minimum atomic E-state index is -1.37. The monoisotopic (exact) mass is 282 g/mol. The van der Waals surface area contributed by atoms with Gasteiger partial charge in [-0.2, -0.15) is 0 Å². The normalized spacial score (nSPS) is 11.8. The van der Waals surface area contributed by atoms with Gasteiger partial charge in [0.1, 0.15) is 5.75 Å². The van der Waals surface area contributed by atoms with Gasteiger partial charge in [-0.3, -0.25) is 4.90 Å². The van der Waals surface area contributed by atoms with E-state index in [2.05, 4.69) is 5.32 Å². The molecule has 0 spiro atoms. The van der Waals surface area contributed by atoms with Crippen molar-refractivity contribution in [3.63, 3.8) is 0 Å². The molecule has 0 aliphatic carbocycles. The maximum atomic E-state index is 12.1. The van der Waals surface area contributed by atoms with Gasteiger partial charge in [0, 0.05) is 12.6 Å². The van der Waals surface area contributed by atoms with Crippen molar-refractivity contribution in [1.82, 2.24) is 5.32 Å². The number of aromatic hydroxyl groups is 1. The fraction of sp³-hybridized carbons (Fsp3) is 0.385. The van der Waals surface area contributed by atoms with E-state index in [1.54, 1.807) is 19.9 Å². The summed E-state index contributed by atoms with van der Waals surface area (Å²) in [5, 5.41) is 29.4. The van der Waals surface area contributed by atoms with E-state index in [1.807, 2.05) is 0 Å². The van der Waals surface area contributed by atoms with E-state index < -0.39 is 24.6 Å². The van der Waals surface area contributed by atoms with Gasteiger partial charge in [0.25, 0.3) is 0 Å². The van der Waals surface area contributed by atoms with Crippen molar-refractivity contribution in [3.8, 4) is 5.75 Å². The molecule has 0 fully saturated rings. The van der Waals surface area contributed by atoms with Crippen LogP contribution in [0.25, 0.3) is 0 Å². The minimum absolute atomic E-state index is 0.00814. The highest BCUT2D eigenvalue weighted by molar-refractivity contribution is 5.95. The molecule has 0 aromatic heterocycles. The maximum Gasteiger partial charge on any atom is 0.328 e. The molecule has 0 aliphatic heterocycles. The van der Waals surface area contributed by atoms with Gasteiger partial charge in [-0.1, -0.05) is 6.07 Å². The fourth-order valence-corrected chi connectivity index (χ4v) is 1.72. The molecular weight excluding hydrogens is 264 g/mol. The van der Waals surface area contributed by atoms with Gasteiger partial charge < -0.3 is 20.6 Å². The van der Waals surface area contributed by atoms with Crippen LogP contribution in [0, 0.1) is 6.92 Å². The number of anilines is 1. The van der Waals surface area contributed by atoms with Gasteiger partial charge in [0.2, 0.25) is 0 Å². The van der Waals surface area contributed by atoms with Gasteiger partial charge in [-0.25, -0.2) is 9.59 Å². The zero-order valence-electron chi connectivity index (χ0n) is 11.3. The van der Waals surface area contributed by atoms with E-state index in [9.17, 15) is 14.7 Å². The Balaban J connectivity index is 2.98. The van der Waals surface area contributed by atoms with Crippen LogP contribution in [0.4, 0.5) is 10.5 Å². The van der Waals surface area contributed by atoms with Crippen LogP contribution < -0.4 is 10.2 Å². The van der Waals surface area contributed by atoms with E-state index in [0.29, 0.717) is 5.69 Å². The van der Waals surface area contributed by atoms with Crippen LogP contribution in [0.15, 0.2) is 18.2 Å². The number of aryl methyl sites for hydroxylation is 1. The number of urea groups is 1. The largest absolute Gasteiger partial charge is 0.508 e. The van der Waals surface area contributed by atoms with Gasteiger partial charge in [0.15, 0.2) is 6.04 Å². The van der Waals surface area contributed by atoms with Gasteiger partial charge in [0.05, 0.1) is 12.3 Å². The molecule has 0 saturated heterocycles. The fourth-order valence-electron chi connectivity index (χ4n) is 1.72. The standard InChI is InChI=1S/C13H18N2O5/c1-3-15(11-6-9(17)5-4-8(11)2)13(20)14-10(7-16)12(18)19/h4-6,10,16-17H,3,7H2,1-2H3,(H,14,20)(H,18,19). The second-order valence-electron chi connectivity index (χ2n) is 4.24. The number of aliphatic hydroxyl groups is 1. The number of aliphatic carboxylic acids is 1. The van der Waals surface area contributed by atoms with E-state index in [0.717, 1.165) is 5.56 Å². The summed E-state index contributed by atoms with van der Waals surface area (Å²) >= 11 is 0. The summed E-state index contributed by atoms with van der Waals surface area (Å²) in [7, 11) is 0. The van der Waals surface area contributed by atoms with Gasteiger partial charge in [-0.15, -0.1) is 0 Å². The Morgan fingerprint density at radius 1 is 1.40 bits per heavy atom. The number of carbonyl (C=O) groups excluding carboxylic acids is 1. The Bertz CT molecular complexity index is 504. The highest BCUT2D eigenvalue weighted by atomic mass is 16.4. The molecule has 1 atom stereocenters. The molecule has 7 nitrogen and oxygen atoms in total. The summed E-state index contributed by atoms with van der Waals surface area (Å²) < 4.78 is 0. The first-order valence-electron chi connectivity index (χ1n) is 6.12. The Morgan fingerprint density at radius 3 is 2.55 bits per heavy atom. The van der Waals surface area contributed by atoms with E-state index >= 15 is 0 Å². The summed E-state index contributed by atoms with van der Waals surface area (Å²) in [6.45, 7) is 3.08. The first kappa shape index (κ1) is 15.8. The molecule has 1 unspecified atom stereocenters. The molecule has 1 aromatic carbocycles. The third-order valence-electron chi connectivity index (χ3n) is 2.82. The number of amides is 2. The molecule has 110 valence electrons. The van der Waals surface area contributed by atoms with Crippen molar-refractivity contribution < 1.29 is 24.9 Å². The van der Waals surface area contributed by atoms with Crippen LogP contribution >= 0.6 is 0 Å². The van der Waals surface area contributed by atoms with Crippen LogP contribution in [0.5, 0.6) is 5.75 Å². The summed E-state index contributed by atoms with van der Waals surface area (Å²) in [5.74, 6) is -1.31. The number of rotatable bonds is 5. The van der Waals surface area contributed by atoms with Crippen LogP contribution in [-0.4, -0.2) is 46.5 Å². The number of carboxylic acid groups (broad SMARTS) is 1. The van der Waals surface area contributed by atoms with Crippen LogP contribution in [0.3, 0.4) is 0 Å². The highest BCUT2D eigenvalue weighted by Gasteiger charge is 2.23. The molecule has 4 N–H and O–H groups in total. The van der Waals surface area contributed by atoms with Gasteiger partial charge >= 0.3 is 12.0 Å². The second kappa shape index (κ2) is 6.76. The number of carboxylic acids is 1. The number of phenolic OH excluding ortho intramolecular Hbond substituents is 1. The zero-order chi connectivity index (χ0) is 15.3. The molecule has 20 heavy (non-hydrogen) atoms. The van der Waals surface area contributed by atoms with Crippen LogP contribution in [-0.2, 0) is 4.79 Å². The van der Waals surface area contributed by atoms with Crippen molar-refractivity contribution in [2.45, 2.75) is 19.9 Å². The number of benzene rings is 1. The number of nitrogens with one attached hydrogen (secondary N) is 1. The van der Waals surface area contributed by atoms with Crippen molar-refractivity contribution >= 4 is 17.7 Å². The topological polar surface area (TPSA) is 110 Å². The summed E-state index contributed by atoms with van der Waals surface area (Å²) in [5.41, 5.74) is 1.24. The lowest BCUT2D eigenvalue weighted by atomic mass is 10.1. The zero-order valence-corrected chi connectivity index (χ0v) is 11.3. The Morgan fingerprint density at radius 2 is 2.05 bits per heavy atom. The molecule has 1 rings (SSSR count). The molecule has 7 heteroatoms. The highest BCUT2D eigenvalue weighted by Crippen LogP contribution is 2.24. The lowest BCUT2D eigenvalue weighted by Gasteiger charge is -2.25. The molecule has 0 aliphatic rings. The van der Waals surface area contributed by atoms with Crippen LogP contribution in [0.1, 0.15) is 12.5 Å². The number of nitrogens with zero attached hydrogens (tertiary/aromatic N) is 1. The molecule has 0 bridgehead atoms. The minimum Gasteiger partial charge on any atom is -0.508 e. The second-order valence-corrected chi connectivity index (χ2v) is 4.24. The summed E-state index contributed by atoms with van der Waals surface area (Å²) in [6.07, 6.45) is 0. The third-order valence-corrected chi connectivity index (χ3v) is 2.82. The van der Waals surface area contributed by atoms with E-state index in [4.69, 9.17) is 10.2 Å². The van der Waals surface area contributed by atoms with Crippen LogP contribution in [0.2, 0.25) is 0 Å². The number of hydrogen-bond donors (Lipinski definition) is 4. The maximum absolute atomic E-state index is 12.1. The lowest BCUT2D eigenvalue weighted by Crippen LogP contribution is -2.49. The molecule has 1 aromatic rings. The first-order chi connectivity index (χ1) is 9.40. The van der Waals surface area contributed by atoms with Crippen molar-refractivity contribution in [2.24, 2.45) is 0 Å². The molecule has 2 amide bonds. The quantitative estimate of drug-likeness (QED) is 0.635. The Hall–Kier alpha value is -2.28. The smallest absolute Gasteiger partial charge is 0.328 e. The molecular formula is C13H18N2O5. The number of phenols is 1. The van der Waals surface area contributed by atoms with E-state index in [-0.39, 0.29) is 12.3 Å². The Kier molecular flexibility index (Phi) is 5.33. The Labute approximate surface area is 116 Å². The first-order valence-corrected chi connectivity index (χ1v) is 6.12. The SMILES string of the molecule is CCN(C(=O)NC(CO)C(=O)O)c1cc(O)ccc1C. The van der Waals surface area contributed by atoms with Crippen molar-refractivity contribution in [2.75, 3.05) is 18.1 Å². The average molecular weight is 282 g/mol. The predicted molar refractivity (Wildman–Crippen MR) is 72.9 cm³/mol. The summed E-state index contributed by atoms with van der Waals surface area (Å²) in [4.78, 5) is 24.2. The van der Waals surface area contributed by atoms with Gasteiger partial charge in [-0.05, 0) is 25.5 Å². The average Bonchev–Trinajstić information content (AvgIpc) is 2.40. The summed E-state index contributed by atoms with van der Waals surface area (Å²) in [6, 6.07) is 2.56. The van der Waals surface area contributed by atoms with Crippen molar-refractivity contribution in [1.29, 1.82) is 0 Å². The van der Waals surface area contributed by atoms with Crippen molar-refractivity contribution in [3.05, 3.63) is 23.8 Å². The lowest BCUT2D eigenvalue weighted by molar-refractivity contribution is -0.140. The third kappa shape index (κ3) is 3.61. The molecule has 0 radical (unpaired) electrons. The number of carbonyl (C=O) groups is 2. The predicted octanol–water partition coefficient (Wildman–Crippen LogP) is 0.682. The number of hydrogen-bond acceptors (Lipinski definition) is 4. The van der Waals surface area contributed by atoms with E-state index in [1.165, 1.54) is 17.0 Å².